The molecule has 0 saturated heterocycles. The predicted molar refractivity (Wildman–Crippen MR) is 97.9 cm³/mol. The molecule has 124 valence electrons. The van der Waals surface area contributed by atoms with E-state index in [4.69, 9.17) is 11.6 Å². The first-order valence-corrected chi connectivity index (χ1v) is 7.94. The van der Waals surface area contributed by atoms with Crippen LogP contribution in [0.25, 0.3) is 6.08 Å². The molecule has 1 atom stereocenters. The van der Waals surface area contributed by atoms with Crippen molar-refractivity contribution in [2.75, 3.05) is 5.32 Å². The van der Waals surface area contributed by atoms with E-state index >= 15 is 0 Å². The second kappa shape index (κ2) is 8.31. The summed E-state index contributed by atoms with van der Waals surface area (Å²) in [6.45, 7) is 3.49. The molecule has 0 radical (unpaired) electrons. The van der Waals surface area contributed by atoms with Crippen molar-refractivity contribution in [1.82, 2.24) is 5.32 Å². The van der Waals surface area contributed by atoms with E-state index < -0.39 is 6.04 Å². The molecule has 1 unspecified atom stereocenters. The Morgan fingerprint density at radius 2 is 1.83 bits per heavy atom. The third kappa shape index (κ3) is 5.25. The number of aryl methyl sites for hydroxylation is 1. The smallest absolute Gasteiger partial charge is 0.246 e. The quantitative estimate of drug-likeness (QED) is 0.812. The van der Waals surface area contributed by atoms with Gasteiger partial charge >= 0.3 is 0 Å². The maximum Gasteiger partial charge on any atom is 0.246 e. The first kappa shape index (κ1) is 17.8. The number of benzene rings is 2. The first-order valence-electron chi connectivity index (χ1n) is 7.56. The summed E-state index contributed by atoms with van der Waals surface area (Å²) in [7, 11) is 0. The highest BCUT2D eigenvalue weighted by Crippen LogP contribution is 2.19. The van der Waals surface area contributed by atoms with Crippen LogP contribution >= 0.6 is 11.6 Å². The Labute approximate surface area is 146 Å². The first-order chi connectivity index (χ1) is 11.5. The molecule has 2 amide bonds. The normalized spacial score (nSPS) is 12.0. The van der Waals surface area contributed by atoms with Crippen LogP contribution in [0.3, 0.4) is 0 Å². The summed E-state index contributed by atoms with van der Waals surface area (Å²) in [6.07, 6.45) is 3.11. The summed E-state index contributed by atoms with van der Waals surface area (Å²) < 4.78 is 0. The van der Waals surface area contributed by atoms with Crippen LogP contribution in [0.4, 0.5) is 5.69 Å². The molecule has 0 saturated carbocycles. The molecule has 0 aromatic heterocycles. The fraction of sp³-hybridized carbons (Fsp3) is 0.158. The minimum absolute atomic E-state index is 0.290. The van der Waals surface area contributed by atoms with Crippen molar-refractivity contribution in [3.8, 4) is 0 Å². The summed E-state index contributed by atoms with van der Waals surface area (Å²) in [5.74, 6) is -0.615. The number of anilines is 1. The number of amides is 2. The number of rotatable bonds is 5. The number of hydrogen-bond acceptors (Lipinski definition) is 2. The lowest BCUT2D eigenvalue weighted by atomic mass is 10.2. The maximum absolute atomic E-state index is 12.2. The van der Waals surface area contributed by atoms with Crippen molar-refractivity contribution in [3.05, 3.63) is 70.8 Å². The number of carbonyl (C=O) groups excluding carboxylic acids is 2. The Bertz CT molecular complexity index is 757. The van der Waals surface area contributed by atoms with Gasteiger partial charge in [0.15, 0.2) is 0 Å². The second-order valence-corrected chi connectivity index (χ2v) is 5.86. The van der Waals surface area contributed by atoms with Crippen LogP contribution in [0.1, 0.15) is 18.1 Å². The highest BCUT2D eigenvalue weighted by atomic mass is 35.5. The van der Waals surface area contributed by atoms with E-state index in [0.717, 1.165) is 11.1 Å². The number of carbonyl (C=O) groups is 2. The zero-order valence-corrected chi connectivity index (χ0v) is 14.3. The molecule has 0 aliphatic rings. The SMILES string of the molecule is Cc1cc(Cl)ccc1NC(=O)C(C)NC(=O)/C=C/c1ccccc1. The van der Waals surface area contributed by atoms with E-state index in [0.29, 0.717) is 10.7 Å². The number of halogens is 1. The van der Waals surface area contributed by atoms with Gasteiger partial charge in [-0.05, 0) is 49.2 Å². The molecule has 0 aliphatic heterocycles. The molecule has 0 fully saturated rings. The maximum atomic E-state index is 12.2. The number of hydrogen-bond donors (Lipinski definition) is 2. The van der Waals surface area contributed by atoms with Crippen LogP contribution in [0, 0.1) is 6.92 Å². The van der Waals surface area contributed by atoms with E-state index in [-0.39, 0.29) is 11.8 Å². The van der Waals surface area contributed by atoms with Gasteiger partial charge in [0.25, 0.3) is 0 Å². The van der Waals surface area contributed by atoms with Crippen molar-refractivity contribution >= 4 is 35.2 Å². The Balaban J connectivity index is 1.91. The van der Waals surface area contributed by atoms with Crippen LogP contribution in [0.2, 0.25) is 5.02 Å². The summed E-state index contributed by atoms with van der Waals surface area (Å²) in [6, 6.07) is 14.0. The fourth-order valence-corrected chi connectivity index (χ4v) is 2.30. The van der Waals surface area contributed by atoms with Crippen molar-refractivity contribution in [3.63, 3.8) is 0 Å². The minimum atomic E-state index is -0.659. The Kier molecular flexibility index (Phi) is 6.15. The van der Waals surface area contributed by atoms with Crippen LogP contribution in [0.15, 0.2) is 54.6 Å². The second-order valence-electron chi connectivity index (χ2n) is 5.42. The monoisotopic (exact) mass is 342 g/mol. The average Bonchev–Trinajstić information content (AvgIpc) is 2.56. The van der Waals surface area contributed by atoms with Gasteiger partial charge in [0.1, 0.15) is 6.04 Å². The van der Waals surface area contributed by atoms with Crippen molar-refractivity contribution in [2.24, 2.45) is 0 Å². The van der Waals surface area contributed by atoms with Crippen molar-refractivity contribution in [2.45, 2.75) is 19.9 Å². The van der Waals surface area contributed by atoms with E-state index in [1.807, 2.05) is 37.3 Å². The average molecular weight is 343 g/mol. The zero-order valence-electron chi connectivity index (χ0n) is 13.5. The zero-order chi connectivity index (χ0) is 17.5. The molecule has 5 heteroatoms. The Morgan fingerprint density at radius 1 is 1.12 bits per heavy atom. The lowest BCUT2D eigenvalue weighted by Crippen LogP contribution is -2.40. The van der Waals surface area contributed by atoms with Gasteiger partial charge in [0.05, 0.1) is 0 Å². The van der Waals surface area contributed by atoms with Crippen LogP contribution in [-0.4, -0.2) is 17.9 Å². The largest absolute Gasteiger partial charge is 0.341 e. The molecular weight excluding hydrogens is 324 g/mol. The molecule has 2 aromatic rings. The molecule has 24 heavy (non-hydrogen) atoms. The molecule has 0 spiro atoms. The summed E-state index contributed by atoms with van der Waals surface area (Å²) >= 11 is 5.89. The van der Waals surface area contributed by atoms with Crippen molar-refractivity contribution < 1.29 is 9.59 Å². The molecule has 2 N–H and O–H groups in total. The minimum Gasteiger partial charge on any atom is -0.341 e. The molecule has 0 heterocycles. The van der Waals surface area contributed by atoms with Gasteiger partial charge in [-0.1, -0.05) is 41.9 Å². The lowest BCUT2D eigenvalue weighted by Gasteiger charge is -2.14. The summed E-state index contributed by atoms with van der Waals surface area (Å²) in [5, 5.41) is 6.03. The summed E-state index contributed by atoms with van der Waals surface area (Å²) in [5.41, 5.74) is 2.45. The van der Waals surface area contributed by atoms with Gasteiger partial charge in [-0.15, -0.1) is 0 Å². The molecular formula is C19H19ClN2O2. The highest BCUT2D eigenvalue weighted by Gasteiger charge is 2.15. The Morgan fingerprint density at radius 3 is 2.50 bits per heavy atom. The van der Waals surface area contributed by atoms with E-state index in [1.165, 1.54) is 6.08 Å². The fourth-order valence-electron chi connectivity index (χ4n) is 2.07. The van der Waals surface area contributed by atoms with Crippen LogP contribution in [-0.2, 0) is 9.59 Å². The molecule has 4 nitrogen and oxygen atoms in total. The number of nitrogens with one attached hydrogen (secondary N) is 2. The van der Waals surface area contributed by atoms with Gasteiger partial charge < -0.3 is 10.6 Å². The van der Waals surface area contributed by atoms with Crippen molar-refractivity contribution in [1.29, 1.82) is 0 Å². The van der Waals surface area contributed by atoms with Gasteiger partial charge in [-0.25, -0.2) is 0 Å². The third-order valence-corrected chi connectivity index (χ3v) is 3.66. The van der Waals surface area contributed by atoms with Crippen LogP contribution in [0.5, 0.6) is 0 Å². The van der Waals surface area contributed by atoms with E-state index in [2.05, 4.69) is 10.6 Å². The summed E-state index contributed by atoms with van der Waals surface area (Å²) in [4.78, 5) is 24.1. The predicted octanol–water partition coefficient (Wildman–Crippen LogP) is 3.81. The molecule has 2 rings (SSSR count). The lowest BCUT2D eigenvalue weighted by molar-refractivity contribution is -0.123. The van der Waals surface area contributed by atoms with Gasteiger partial charge in [-0.2, -0.15) is 0 Å². The Hall–Kier alpha value is -2.59. The van der Waals surface area contributed by atoms with Crippen LogP contribution < -0.4 is 10.6 Å². The topological polar surface area (TPSA) is 58.2 Å². The third-order valence-electron chi connectivity index (χ3n) is 3.43. The standard InChI is InChI=1S/C19H19ClN2O2/c1-13-12-16(20)9-10-17(13)22-19(24)14(2)21-18(23)11-8-15-6-4-3-5-7-15/h3-12,14H,1-2H3,(H,21,23)(H,22,24)/b11-8+. The molecule has 0 aliphatic carbocycles. The van der Waals surface area contributed by atoms with Gasteiger partial charge in [-0.3, -0.25) is 9.59 Å². The van der Waals surface area contributed by atoms with E-state index in [9.17, 15) is 9.59 Å². The van der Waals surface area contributed by atoms with E-state index in [1.54, 1.807) is 31.2 Å². The molecule has 0 bridgehead atoms. The molecule has 2 aromatic carbocycles. The van der Waals surface area contributed by atoms with Gasteiger partial charge in [0, 0.05) is 16.8 Å². The highest BCUT2D eigenvalue weighted by molar-refractivity contribution is 6.30. The van der Waals surface area contributed by atoms with Gasteiger partial charge in [0.2, 0.25) is 11.8 Å².